The molecule has 0 atom stereocenters. The van der Waals surface area contributed by atoms with Crippen LogP contribution in [0.1, 0.15) is 13.3 Å². The highest BCUT2D eigenvalue weighted by atomic mass is 19.2. The maximum atomic E-state index is 13.1. The van der Waals surface area contributed by atoms with E-state index in [0.29, 0.717) is 6.42 Å². The van der Waals surface area contributed by atoms with Gasteiger partial charge in [-0.15, -0.1) is 0 Å². The predicted molar refractivity (Wildman–Crippen MR) is 47.6 cm³/mol. The van der Waals surface area contributed by atoms with Crippen molar-refractivity contribution >= 4 is 5.69 Å². The minimum Gasteiger partial charge on any atom is -0.370 e. The molecule has 0 amide bonds. The van der Waals surface area contributed by atoms with E-state index in [-0.39, 0.29) is 6.54 Å². The molecule has 0 aromatic carbocycles. The Labute approximate surface area is 84.5 Å². The zero-order valence-corrected chi connectivity index (χ0v) is 8.32. The standard InChI is InChI=1S/C9H10F4N2/c1-3-4-15(2)7-5(10)8(12)14-9(13)6(7)11/h3-4H2,1-2H3. The number of anilines is 1. The van der Waals surface area contributed by atoms with Gasteiger partial charge in [0.25, 0.3) is 11.9 Å². The minimum atomic E-state index is -1.63. The van der Waals surface area contributed by atoms with Crippen LogP contribution in [0.5, 0.6) is 0 Å². The van der Waals surface area contributed by atoms with Crippen molar-refractivity contribution in [1.82, 2.24) is 4.98 Å². The van der Waals surface area contributed by atoms with Gasteiger partial charge in [-0.25, -0.2) is 0 Å². The van der Waals surface area contributed by atoms with Crippen LogP contribution >= 0.6 is 0 Å². The molecule has 15 heavy (non-hydrogen) atoms. The molecule has 0 fully saturated rings. The molecule has 0 aliphatic rings. The highest BCUT2D eigenvalue weighted by Crippen LogP contribution is 2.25. The predicted octanol–water partition coefficient (Wildman–Crippen LogP) is 2.48. The van der Waals surface area contributed by atoms with Crippen LogP contribution < -0.4 is 4.90 Å². The highest BCUT2D eigenvalue weighted by Gasteiger charge is 2.22. The number of hydrogen-bond acceptors (Lipinski definition) is 2. The van der Waals surface area contributed by atoms with Gasteiger partial charge in [-0.1, -0.05) is 6.92 Å². The molecule has 1 aromatic heterocycles. The summed E-state index contributed by atoms with van der Waals surface area (Å²) < 4.78 is 51.7. The van der Waals surface area contributed by atoms with Gasteiger partial charge in [-0.3, -0.25) is 0 Å². The quantitative estimate of drug-likeness (QED) is 0.577. The molecule has 0 spiro atoms. The first-order chi connectivity index (χ1) is 6.99. The van der Waals surface area contributed by atoms with Crippen LogP contribution in [0, 0.1) is 23.5 Å². The molecule has 0 radical (unpaired) electrons. The summed E-state index contributed by atoms with van der Waals surface area (Å²) in [7, 11) is 1.35. The Morgan fingerprint density at radius 3 is 1.93 bits per heavy atom. The van der Waals surface area contributed by atoms with Gasteiger partial charge in [0.05, 0.1) is 0 Å². The Morgan fingerprint density at radius 1 is 1.07 bits per heavy atom. The number of rotatable bonds is 3. The van der Waals surface area contributed by atoms with Gasteiger partial charge in [0, 0.05) is 13.6 Å². The average Bonchev–Trinajstić information content (AvgIpc) is 2.16. The lowest BCUT2D eigenvalue weighted by Crippen LogP contribution is -2.22. The Balaban J connectivity index is 3.26. The van der Waals surface area contributed by atoms with Crippen molar-refractivity contribution in [2.24, 2.45) is 0 Å². The molecule has 0 saturated heterocycles. The topological polar surface area (TPSA) is 16.1 Å². The molecule has 1 heterocycles. The van der Waals surface area contributed by atoms with Gasteiger partial charge in [-0.05, 0) is 6.42 Å². The SMILES string of the molecule is CCCN(C)c1c(F)c(F)nc(F)c1F. The van der Waals surface area contributed by atoms with Crippen molar-refractivity contribution in [3.8, 4) is 0 Å². The molecule has 0 aliphatic carbocycles. The van der Waals surface area contributed by atoms with Gasteiger partial charge in [-0.2, -0.15) is 22.5 Å². The second kappa shape index (κ2) is 4.46. The van der Waals surface area contributed by atoms with Crippen LogP contribution in [0.3, 0.4) is 0 Å². The van der Waals surface area contributed by atoms with Crippen LogP contribution in [0.2, 0.25) is 0 Å². The summed E-state index contributed by atoms with van der Waals surface area (Å²) in [5, 5.41) is 0. The van der Waals surface area contributed by atoms with E-state index in [2.05, 4.69) is 4.98 Å². The summed E-state index contributed by atoms with van der Waals surface area (Å²) in [5.74, 6) is -6.20. The van der Waals surface area contributed by atoms with E-state index < -0.39 is 29.2 Å². The van der Waals surface area contributed by atoms with E-state index in [0.717, 1.165) is 4.90 Å². The minimum absolute atomic E-state index is 0.288. The first-order valence-electron chi connectivity index (χ1n) is 4.40. The fourth-order valence-electron chi connectivity index (χ4n) is 1.26. The fourth-order valence-corrected chi connectivity index (χ4v) is 1.26. The summed E-state index contributed by atoms with van der Waals surface area (Å²) >= 11 is 0. The molecule has 0 aliphatic heterocycles. The van der Waals surface area contributed by atoms with E-state index in [9.17, 15) is 17.6 Å². The van der Waals surface area contributed by atoms with Crippen molar-refractivity contribution in [1.29, 1.82) is 0 Å². The number of nitrogens with zero attached hydrogens (tertiary/aromatic N) is 2. The molecule has 0 bridgehead atoms. The van der Waals surface area contributed by atoms with Gasteiger partial charge < -0.3 is 4.90 Å². The smallest absolute Gasteiger partial charge is 0.253 e. The molecular weight excluding hydrogens is 212 g/mol. The van der Waals surface area contributed by atoms with Crippen molar-refractivity contribution in [3.63, 3.8) is 0 Å². The molecule has 0 saturated carbocycles. The number of aromatic nitrogens is 1. The molecule has 6 heteroatoms. The molecule has 0 unspecified atom stereocenters. The zero-order valence-electron chi connectivity index (χ0n) is 8.32. The molecule has 1 rings (SSSR count). The summed E-state index contributed by atoms with van der Waals surface area (Å²) in [5.41, 5.74) is -0.721. The summed E-state index contributed by atoms with van der Waals surface area (Å²) in [6, 6.07) is 0. The number of hydrogen-bond donors (Lipinski definition) is 0. The summed E-state index contributed by atoms with van der Waals surface area (Å²) in [4.78, 5) is 3.58. The number of pyridine rings is 1. The Bertz CT molecular complexity index is 341. The fraction of sp³-hybridized carbons (Fsp3) is 0.444. The van der Waals surface area contributed by atoms with Crippen LogP contribution in [-0.2, 0) is 0 Å². The first kappa shape index (κ1) is 11.7. The van der Waals surface area contributed by atoms with Crippen molar-refractivity contribution in [2.75, 3.05) is 18.5 Å². The van der Waals surface area contributed by atoms with Gasteiger partial charge in [0.2, 0.25) is 11.6 Å². The molecule has 0 N–H and O–H groups in total. The van der Waals surface area contributed by atoms with Crippen LogP contribution in [0.4, 0.5) is 23.2 Å². The third-order valence-corrected chi connectivity index (χ3v) is 1.92. The highest BCUT2D eigenvalue weighted by molar-refractivity contribution is 5.47. The van der Waals surface area contributed by atoms with Gasteiger partial charge in [0.15, 0.2) is 0 Å². The second-order valence-corrected chi connectivity index (χ2v) is 3.09. The van der Waals surface area contributed by atoms with Crippen molar-refractivity contribution in [3.05, 3.63) is 23.5 Å². The van der Waals surface area contributed by atoms with E-state index in [1.54, 1.807) is 6.92 Å². The molecular formula is C9H10F4N2. The summed E-state index contributed by atoms with van der Waals surface area (Å²) in [6.45, 7) is 2.07. The van der Waals surface area contributed by atoms with Gasteiger partial charge >= 0.3 is 0 Å². The van der Waals surface area contributed by atoms with Crippen LogP contribution in [0.25, 0.3) is 0 Å². The van der Waals surface area contributed by atoms with E-state index >= 15 is 0 Å². The zero-order chi connectivity index (χ0) is 11.6. The van der Waals surface area contributed by atoms with E-state index in [1.807, 2.05) is 0 Å². The van der Waals surface area contributed by atoms with E-state index in [1.165, 1.54) is 7.05 Å². The maximum absolute atomic E-state index is 13.1. The Kier molecular flexibility index (Phi) is 3.49. The van der Waals surface area contributed by atoms with Crippen molar-refractivity contribution < 1.29 is 17.6 Å². The first-order valence-corrected chi connectivity index (χ1v) is 4.40. The number of halogens is 4. The lowest BCUT2D eigenvalue weighted by atomic mass is 10.3. The lowest BCUT2D eigenvalue weighted by Gasteiger charge is -2.19. The Hall–Kier alpha value is -1.33. The monoisotopic (exact) mass is 222 g/mol. The van der Waals surface area contributed by atoms with Crippen molar-refractivity contribution in [2.45, 2.75) is 13.3 Å². The second-order valence-electron chi connectivity index (χ2n) is 3.09. The van der Waals surface area contributed by atoms with E-state index in [4.69, 9.17) is 0 Å². The molecule has 1 aromatic rings. The summed E-state index contributed by atoms with van der Waals surface area (Å²) in [6.07, 6.45) is 0.598. The van der Waals surface area contributed by atoms with Gasteiger partial charge in [0.1, 0.15) is 5.69 Å². The third kappa shape index (κ3) is 2.19. The maximum Gasteiger partial charge on any atom is 0.253 e. The molecule has 2 nitrogen and oxygen atoms in total. The lowest BCUT2D eigenvalue weighted by molar-refractivity contribution is 0.407. The Morgan fingerprint density at radius 2 is 1.53 bits per heavy atom. The molecule has 84 valence electrons. The van der Waals surface area contributed by atoms with Crippen LogP contribution in [0.15, 0.2) is 0 Å². The largest absolute Gasteiger partial charge is 0.370 e. The normalized spacial score (nSPS) is 10.5. The van der Waals surface area contributed by atoms with Crippen LogP contribution in [-0.4, -0.2) is 18.6 Å². The third-order valence-electron chi connectivity index (χ3n) is 1.92. The average molecular weight is 222 g/mol.